The summed E-state index contributed by atoms with van der Waals surface area (Å²) >= 11 is 0. The van der Waals surface area contributed by atoms with Crippen LogP contribution in [-0.4, -0.2) is 139 Å². The smallest absolute Gasteiger partial charge is 0.316 e. The zero-order chi connectivity index (χ0) is 44.7. The molecule has 350 valence electrons. The summed E-state index contributed by atoms with van der Waals surface area (Å²) in [5.74, 6) is -2.10. The molecule has 0 amide bonds. The molecular weight excluding hydrogens is 801 g/mol. The maximum atomic E-state index is 14.4. The second kappa shape index (κ2) is 19.8. The van der Waals surface area contributed by atoms with Crippen molar-refractivity contribution in [2.24, 2.45) is 23.7 Å². The molecule has 14 heteroatoms. The molecule has 5 saturated heterocycles. The van der Waals surface area contributed by atoms with Crippen LogP contribution < -0.4 is 0 Å². The van der Waals surface area contributed by atoms with E-state index >= 15 is 0 Å². The van der Waals surface area contributed by atoms with E-state index in [9.17, 15) is 20.1 Å². The van der Waals surface area contributed by atoms with Gasteiger partial charge in [0, 0.05) is 52.2 Å². The molecule has 2 bridgehead atoms. The summed E-state index contributed by atoms with van der Waals surface area (Å²) in [5.41, 5.74) is 0.188. The van der Waals surface area contributed by atoms with E-state index in [1.165, 1.54) is 0 Å². The number of ether oxygens (including phenoxy) is 10. The highest BCUT2D eigenvalue weighted by Crippen LogP contribution is 2.48. The third kappa shape index (κ3) is 9.73. The lowest BCUT2D eigenvalue weighted by Crippen LogP contribution is -2.58. The quantitative estimate of drug-likeness (QED) is 0.204. The van der Waals surface area contributed by atoms with Crippen molar-refractivity contribution in [3.63, 3.8) is 0 Å². The van der Waals surface area contributed by atoms with Crippen LogP contribution in [0.25, 0.3) is 0 Å². The first-order valence-electron chi connectivity index (χ1n) is 23.2. The zero-order valence-corrected chi connectivity index (χ0v) is 38.5. The van der Waals surface area contributed by atoms with Gasteiger partial charge < -0.3 is 62.7 Å². The average molecular weight is 875 g/mol. The maximum absolute atomic E-state index is 14.4. The summed E-state index contributed by atoms with van der Waals surface area (Å²) < 4.78 is 63.9. The number of allylic oxidation sites excluding steroid dienone is 2. The molecule has 1 aliphatic carbocycles. The molecule has 0 aromatic rings. The van der Waals surface area contributed by atoms with Crippen LogP contribution in [0.2, 0.25) is 0 Å². The van der Waals surface area contributed by atoms with Gasteiger partial charge >= 0.3 is 5.97 Å². The number of fused-ring (bicyclic) bond motifs is 2. The SMILES string of the molecule is CC[C@H](C)[C@@H]1O[C@]2(CC[C@@H]1C)C[C@H]1C[C@H](C/C=C(\C)[C@@H](O[C@H]3C[C@H](OC)[C@H](O[C@H]4C[C@H](OC)[C@H](O)[C@H](C)O4)[C@H](C)O3)[C@@H](C)/C=C/C=C3CO[C@@H]4[C@@H](O)C(C)=C[C@H](C(=O)O1)[C@@]34O)O2. The van der Waals surface area contributed by atoms with Gasteiger partial charge in [0.2, 0.25) is 0 Å². The van der Waals surface area contributed by atoms with E-state index < -0.39 is 90.8 Å². The number of aliphatic hydroxyl groups excluding tert-OH is 2. The molecule has 0 radical (unpaired) electrons. The number of carbonyl (C=O) groups excluding carboxylic acids is 1. The Morgan fingerprint density at radius 3 is 2.35 bits per heavy atom. The highest BCUT2D eigenvalue weighted by molar-refractivity contribution is 5.78. The second-order valence-electron chi connectivity index (χ2n) is 19.4. The van der Waals surface area contributed by atoms with Crippen molar-refractivity contribution in [2.45, 2.75) is 204 Å². The largest absolute Gasteiger partial charge is 0.462 e. The van der Waals surface area contributed by atoms with Gasteiger partial charge in [-0.1, -0.05) is 64.5 Å². The topological polar surface area (TPSA) is 170 Å². The highest BCUT2D eigenvalue weighted by Gasteiger charge is 2.60. The molecule has 62 heavy (non-hydrogen) atoms. The Balaban J connectivity index is 1.18. The Morgan fingerprint density at radius 1 is 0.919 bits per heavy atom. The van der Waals surface area contributed by atoms with Crippen LogP contribution in [-0.2, 0) is 52.2 Å². The van der Waals surface area contributed by atoms with Gasteiger partial charge in [-0.25, -0.2) is 0 Å². The molecule has 0 aromatic carbocycles. The lowest BCUT2D eigenvalue weighted by molar-refractivity contribution is -0.340. The van der Waals surface area contributed by atoms with Crippen LogP contribution in [0.5, 0.6) is 0 Å². The molecule has 14 nitrogen and oxygen atoms in total. The zero-order valence-electron chi connectivity index (χ0n) is 38.5. The molecule has 0 aromatic heterocycles. The first-order valence-corrected chi connectivity index (χ1v) is 23.2. The Morgan fingerprint density at radius 2 is 1.63 bits per heavy atom. The number of hydrogen-bond donors (Lipinski definition) is 3. The number of methoxy groups -OCH3 is 2. The summed E-state index contributed by atoms with van der Waals surface area (Å²) in [4.78, 5) is 14.4. The van der Waals surface area contributed by atoms with Gasteiger partial charge in [-0.3, -0.25) is 4.79 Å². The molecule has 7 rings (SSSR count). The van der Waals surface area contributed by atoms with E-state index in [0.717, 1.165) is 18.4 Å². The Kier molecular flexibility index (Phi) is 15.3. The highest BCUT2D eigenvalue weighted by atomic mass is 16.7. The van der Waals surface area contributed by atoms with Crippen molar-refractivity contribution in [3.05, 3.63) is 47.1 Å². The van der Waals surface area contributed by atoms with Crippen LogP contribution in [0.1, 0.15) is 107 Å². The van der Waals surface area contributed by atoms with Crippen molar-refractivity contribution in [1.82, 2.24) is 0 Å². The summed E-state index contributed by atoms with van der Waals surface area (Å²) in [6.07, 6.45) is 6.53. The fourth-order valence-corrected chi connectivity index (χ4v) is 11.0. The van der Waals surface area contributed by atoms with Crippen LogP contribution in [0.15, 0.2) is 47.1 Å². The van der Waals surface area contributed by atoms with E-state index in [1.807, 2.05) is 19.1 Å². The molecule has 3 N–H and O–H groups in total. The first-order chi connectivity index (χ1) is 29.5. The number of rotatable bonds is 8. The number of hydrogen-bond acceptors (Lipinski definition) is 14. The standard InChI is InChI=1S/C48H74O14/c1-11-25(2)43-28(5)17-18-47(62-43)23-34-20-33(61-47)16-15-27(4)42(26(3)13-12-14-32-24-55-45-40(49)29(6)19-35(46(51)58-34)48(32,45)52)59-39-22-37(54-10)44(31(8)57-39)60-38-21-36(53-9)41(50)30(7)56-38/h12-15,19,25-26,28,30-31,33-45,49-50,52H,11,16-18,20-24H2,1-10H3/b13-12+,27-15+,32-14?/t25-,26-,28-,30-,31-,33-,34+,35+,36-,37-,38-,39-,40-,41+,42-,43-,44+,45+,47+,48-/m0/s1. The van der Waals surface area contributed by atoms with E-state index in [2.05, 4.69) is 40.7 Å². The number of esters is 1. The van der Waals surface area contributed by atoms with E-state index in [-0.39, 0.29) is 30.8 Å². The predicted octanol–water partition coefficient (Wildman–Crippen LogP) is 5.60. The monoisotopic (exact) mass is 875 g/mol. The summed E-state index contributed by atoms with van der Waals surface area (Å²) in [6.45, 7) is 16.3. The van der Waals surface area contributed by atoms with Gasteiger partial charge in [-0.15, -0.1) is 0 Å². The van der Waals surface area contributed by atoms with Crippen LogP contribution in [0, 0.1) is 23.7 Å². The molecule has 1 spiro atoms. The second-order valence-corrected chi connectivity index (χ2v) is 19.4. The molecule has 6 heterocycles. The van der Waals surface area contributed by atoms with Gasteiger partial charge in [-0.2, -0.15) is 0 Å². The molecule has 7 aliphatic rings. The third-order valence-corrected chi connectivity index (χ3v) is 14.9. The van der Waals surface area contributed by atoms with Crippen molar-refractivity contribution in [2.75, 3.05) is 20.8 Å². The van der Waals surface area contributed by atoms with Gasteiger partial charge in [-0.05, 0) is 69.1 Å². The molecule has 20 atom stereocenters. The lowest BCUT2D eigenvalue weighted by atomic mass is 9.71. The predicted molar refractivity (Wildman–Crippen MR) is 227 cm³/mol. The van der Waals surface area contributed by atoms with E-state index in [1.54, 1.807) is 40.2 Å². The van der Waals surface area contributed by atoms with Crippen LogP contribution in [0.4, 0.5) is 0 Å². The van der Waals surface area contributed by atoms with E-state index in [4.69, 9.17) is 47.4 Å². The Hall–Kier alpha value is -2.05. The number of carbonyl (C=O) groups is 1. The van der Waals surface area contributed by atoms with Gasteiger partial charge in [0.05, 0.1) is 49.3 Å². The fraction of sp³-hybridized carbons (Fsp3) is 0.812. The Labute approximate surface area is 368 Å². The summed E-state index contributed by atoms with van der Waals surface area (Å²) in [7, 11) is 3.23. The van der Waals surface area contributed by atoms with Gasteiger partial charge in [0.25, 0.3) is 0 Å². The molecular formula is C48H74O14. The molecule has 5 fully saturated rings. The maximum Gasteiger partial charge on any atom is 0.316 e. The van der Waals surface area contributed by atoms with Crippen LogP contribution in [0.3, 0.4) is 0 Å². The minimum Gasteiger partial charge on any atom is -0.462 e. The minimum absolute atomic E-state index is 0.00708. The minimum atomic E-state index is -1.82. The third-order valence-electron chi connectivity index (χ3n) is 14.9. The van der Waals surface area contributed by atoms with Crippen molar-refractivity contribution in [1.29, 1.82) is 0 Å². The van der Waals surface area contributed by atoms with E-state index in [0.29, 0.717) is 61.5 Å². The van der Waals surface area contributed by atoms with Gasteiger partial charge in [0.15, 0.2) is 18.4 Å². The lowest BCUT2D eigenvalue weighted by Gasteiger charge is -2.51. The van der Waals surface area contributed by atoms with Gasteiger partial charge in [0.1, 0.15) is 42.0 Å². The molecule has 0 saturated carbocycles. The normalized spacial score (nSPS) is 48.6. The van der Waals surface area contributed by atoms with Crippen molar-refractivity contribution in [3.8, 4) is 0 Å². The average Bonchev–Trinajstić information content (AvgIpc) is 3.58. The van der Waals surface area contributed by atoms with Crippen LogP contribution >= 0.6 is 0 Å². The van der Waals surface area contributed by atoms with Crippen molar-refractivity contribution >= 4 is 5.97 Å². The first kappa shape index (κ1) is 47.9. The summed E-state index contributed by atoms with van der Waals surface area (Å²) in [5, 5.41) is 34.2. The van der Waals surface area contributed by atoms with Crippen molar-refractivity contribution < 1.29 is 67.5 Å². The Bertz CT molecular complexity index is 1680. The molecule has 6 aliphatic heterocycles. The number of aliphatic hydroxyl groups is 3. The molecule has 0 unspecified atom stereocenters. The summed E-state index contributed by atoms with van der Waals surface area (Å²) in [6, 6.07) is 0. The fourth-order valence-electron chi connectivity index (χ4n) is 11.0.